The minimum absolute atomic E-state index is 0.190. The fourth-order valence-electron chi connectivity index (χ4n) is 3.74. The Morgan fingerprint density at radius 3 is 2.31 bits per heavy atom. The van der Waals surface area contributed by atoms with Crippen molar-refractivity contribution < 1.29 is 24.2 Å². The number of carbonyl (C=O) groups excluding carboxylic acids is 1. The van der Waals surface area contributed by atoms with Crippen molar-refractivity contribution in [3.8, 4) is 5.75 Å². The molecular weight excluding hydrogens is 334 g/mol. The second-order valence-electron chi connectivity index (χ2n) is 7.30. The number of carbonyl (C=O) groups is 2. The van der Waals surface area contributed by atoms with Crippen molar-refractivity contribution >= 4 is 11.9 Å². The van der Waals surface area contributed by atoms with Gasteiger partial charge in [-0.2, -0.15) is 0 Å². The van der Waals surface area contributed by atoms with Gasteiger partial charge in [0.2, 0.25) is 5.91 Å². The second-order valence-corrected chi connectivity index (χ2v) is 7.30. The first kappa shape index (κ1) is 20.2. The third kappa shape index (κ3) is 3.30. The number of methoxy groups -OCH3 is 1. The first-order valence-corrected chi connectivity index (χ1v) is 9.04. The van der Waals surface area contributed by atoms with Crippen LogP contribution in [0.2, 0.25) is 0 Å². The molecule has 0 radical (unpaired) electrons. The number of hydrogen-bond acceptors (Lipinski definition) is 4. The van der Waals surface area contributed by atoms with Crippen molar-refractivity contribution in [2.45, 2.75) is 58.1 Å². The van der Waals surface area contributed by atoms with Gasteiger partial charge in [0.1, 0.15) is 11.3 Å². The minimum Gasteiger partial charge on any atom is -0.497 e. The number of ether oxygens (including phenoxy) is 2. The minimum atomic E-state index is -1.32. The molecule has 0 saturated heterocycles. The second kappa shape index (κ2) is 7.66. The average molecular weight is 363 g/mol. The molecule has 0 bridgehead atoms. The lowest BCUT2D eigenvalue weighted by Gasteiger charge is -2.58. The predicted molar refractivity (Wildman–Crippen MR) is 98.3 cm³/mol. The summed E-state index contributed by atoms with van der Waals surface area (Å²) < 4.78 is 10.8. The van der Waals surface area contributed by atoms with Crippen molar-refractivity contribution in [2.75, 3.05) is 13.7 Å². The van der Waals surface area contributed by atoms with Gasteiger partial charge in [0.15, 0.2) is 0 Å². The maximum Gasteiger partial charge on any atom is 0.330 e. The SMILES string of the molecule is CCOC1CC(NC(=O)C(CC)c2ccc(OC)cc2)(C(=O)O)C1(C)C. The van der Waals surface area contributed by atoms with Gasteiger partial charge in [-0.1, -0.05) is 32.9 Å². The lowest BCUT2D eigenvalue weighted by atomic mass is 9.54. The summed E-state index contributed by atoms with van der Waals surface area (Å²) in [6.07, 6.45) is 0.655. The van der Waals surface area contributed by atoms with Crippen LogP contribution in [0.25, 0.3) is 0 Å². The topological polar surface area (TPSA) is 84.9 Å². The molecule has 26 heavy (non-hydrogen) atoms. The monoisotopic (exact) mass is 363 g/mol. The number of hydrogen-bond donors (Lipinski definition) is 2. The summed E-state index contributed by atoms with van der Waals surface area (Å²) in [5.41, 5.74) is -1.17. The van der Waals surface area contributed by atoms with Crippen LogP contribution in [0.5, 0.6) is 5.75 Å². The highest BCUT2D eigenvalue weighted by molar-refractivity contribution is 5.92. The van der Waals surface area contributed by atoms with Crippen molar-refractivity contribution in [1.82, 2.24) is 5.32 Å². The molecule has 1 amide bonds. The smallest absolute Gasteiger partial charge is 0.330 e. The molecule has 0 spiro atoms. The molecular formula is C20H29NO5. The highest BCUT2D eigenvalue weighted by Crippen LogP contribution is 2.51. The highest BCUT2D eigenvalue weighted by atomic mass is 16.5. The summed E-state index contributed by atoms with van der Waals surface area (Å²) in [7, 11) is 1.59. The molecule has 0 heterocycles. The van der Waals surface area contributed by atoms with E-state index in [-0.39, 0.29) is 18.4 Å². The first-order chi connectivity index (χ1) is 12.2. The van der Waals surface area contributed by atoms with E-state index in [4.69, 9.17) is 9.47 Å². The first-order valence-electron chi connectivity index (χ1n) is 9.04. The van der Waals surface area contributed by atoms with E-state index in [0.717, 1.165) is 5.56 Å². The van der Waals surface area contributed by atoms with E-state index in [1.165, 1.54) is 0 Å². The summed E-state index contributed by atoms with van der Waals surface area (Å²) in [5, 5.41) is 12.7. The molecule has 3 unspecified atom stereocenters. The molecule has 6 heteroatoms. The van der Waals surface area contributed by atoms with E-state index in [2.05, 4.69) is 5.32 Å². The van der Waals surface area contributed by atoms with Crippen LogP contribution in [-0.4, -0.2) is 42.3 Å². The summed E-state index contributed by atoms with van der Waals surface area (Å²) in [6, 6.07) is 7.29. The van der Waals surface area contributed by atoms with Crippen molar-refractivity contribution in [1.29, 1.82) is 0 Å². The van der Waals surface area contributed by atoms with Crippen LogP contribution in [0.4, 0.5) is 0 Å². The van der Waals surface area contributed by atoms with Gasteiger partial charge < -0.3 is 19.9 Å². The van der Waals surface area contributed by atoms with E-state index < -0.39 is 22.8 Å². The average Bonchev–Trinajstić information content (AvgIpc) is 2.61. The van der Waals surface area contributed by atoms with Crippen LogP contribution in [-0.2, 0) is 14.3 Å². The number of aliphatic carboxylic acids is 1. The Labute approximate surface area is 154 Å². The molecule has 1 aliphatic rings. The fourth-order valence-corrected chi connectivity index (χ4v) is 3.74. The van der Waals surface area contributed by atoms with E-state index in [0.29, 0.717) is 18.8 Å². The van der Waals surface area contributed by atoms with Gasteiger partial charge in [-0.3, -0.25) is 4.79 Å². The lowest BCUT2D eigenvalue weighted by Crippen LogP contribution is -2.76. The van der Waals surface area contributed by atoms with Crippen LogP contribution in [0, 0.1) is 5.41 Å². The molecule has 1 fully saturated rings. The summed E-state index contributed by atoms with van der Waals surface area (Å²) in [4.78, 5) is 25.0. The Hall–Kier alpha value is -2.08. The van der Waals surface area contributed by atoms with E-state index in [1.807, 2.05) is 39.8 Å². The largest absolute Gasteiger partial charge is 0.497 e. The maximum absolute atomic E-state index is 12.9. The maximum atomic E-state index is 12.9. The summed E-state index contributed by atoms with van der Waals surface area (Å²) in [5.74, 6) is -0.996. The molecule has 3 atom stereocenters. The number of rotatable bonds is 8. The normalized spacial score (nSPS) is 25.0. The lowest BCUT2D eigenvalue weighted by molar-refractivity contribution is -0.194. The number of benzene rings is 1. The Balaban J connectivity index is 2.22. The van der Waals surface area contributed by atoms with Crippen LogP contribution in [0.3, 0.4) is 0 Å². The zero-order valence-corrected chi connectivity index (χ0v) is 16.2. The molecule has 2 N–H and O–H groups in total. The van der Waals surface area contributed by atoms with Crippen LogP contribution in [0.1, 0.15) is 52.0 Å². The number of nitrogens with one attached hydrogen (secondary N) is 1. The fraction of sp³-hybridized carbons (Fsp3) is 0.600. The van der Waals surface area contributed by atoms with Crippen LogP contribution < -0.4 is 10.1 Å². The van der Waals surface area contributed by atoms with Gasteiger partial charge in [0.25, 0.3) is 0 Å². The van der Waals surface area contributed by atoms with Gasteiger partial charge in [0, 0.05) is 18.4 Å². The zero-order chi connectivity index (χ0) is 19.5. The Morgan fingerprint density at radius 1 is 1.27 bits per heavy atom. The third-order valence-electron chi connectivity index (χ3n) is 5.71. The van der Waals surface area contributed by atoms with Gasteiger partial charge in [-0.15, -0.1) is 0 Å². The quantitative estimate of drug-likeness (QED) is 0.742. The zero-order valence-electron chi connectivity index (χ0n) is 16.2. The van der Waals surface area contributed by atoms with E-state index in [9.17, 15) is 14.7 Å². The van der Waals surface area contributed by atoms with Crippen molar-refractivity contribution in [3.63, 3.8) is 0 Å². The molecule has 0 aromatic heterocycles. The highest BCUT2D eigenvalue weighted by Gasteiger charge is 2.66. The predicted octanol–water partition coefficient (Wildman–Crippen LogP) is 2.96. The molecule has 6 nitrogen and oxygen atoms in total. The Kier molecular flexibility index (Phi) is 5.96. The van der Waals surface area contributed by atoms with Crippen LogP contribution in [0.15, 0.2) is 24.3 Å². The Morgan fingerprint density at radius 2 is 1.88 bits per heavy atom. The number of carboxylic acid groups (broad SMARTS) is 1. The molecule has 2 rings (SSSR count). The van der Waals surface area contributed by atoms with Crippen molar-refractivity contribution in [3.05, 3.63) is 29.8 Å². The molecule has 1 aliphatic carbocycles. The van der Waals surface area contributed by atoms with Gasteiger partial charge in [0.05, 0.1) is 19.1 Å². The Bertz CT molecular complexity index is 655. The van der Waals surface area contributed by atoms with Gasteiger partial charge in [-0.05, 0) is 31.0 Å². The summed E-state index contributed by atoms with van der Waals surface area (Å²) in [6.45, 7) is 7.98. The number of amides is 1. The number of carboxylic acids is 1. The van der Waals surface area contributed by atoms with Gasteiger partial charge in [-0.25, -0.2) is 4.79 Å². The standard InChI is InChI=1S/C20H29NO5/c1-6-15(13-8-10-14(25-5)11-9-13)17(22)21-20(18(23)24)12-16(26-7-2)19(20,3)4/h8-11,15-16H,6-7,12H2,1-5H3,(H,21,22)(H,23,24). The van der Waals surface area contributed by atoms with Crippen LogP contribution >= 0.6 is 0 Å². The van der Waals surface area contributed by atoms with Crippen molar-refractivity contribution in [2.24, 2.45) is 5.41 Å². The third-order valence-corrected chi connectivity index (χ3v) is 5.71. The summed E-state index contributed by atoms with van der Waals surface area (Å²) >= 11 is 0. The molecule has 1 saturated carbocycles. The molecule has 144 valence electrons. The van der Waals surface area contributed by atoms with E-state index >= 15 is 0 Å². The molecule has 1 aromatic rings. The molecule has 1 aromatic carbocycles. The molecule has 0 aliphatic heterocycles. The van der Waals surface area contributed by atoms with E-state index in [1.54, 1.807) is 19.2 Å². The van der Waals surface area contributed by atoms with Gasteiger partial charge >= 0.3 is 5.97 Å².